The molecule has 0 aromatic heterocycles. The van der Waals surface area contributed by atoms with Crippen LogP contribution in [0.4, 0.5) is 5.69 Å². The highest BCUT2D eigenvalue weighted by atomic mass is 35.5. The van der Waals surface area contributed by atoms with Crippen LogP contribution in [0.1, 0.15) is 5.56 Å². The van der Waals surface area contributed by atoms with Crippen LogP contribution in [0, 0.1) is 0 Å². The first-order valence-electron chi connectivity index (χ1n) is 5.92. The summed E-state index contributed by atoms with van der Waals surface area (Å²) in [4.78, 5) is 0. The Balaban J connectivity index is 2.04. The zero-order chi connectivity index (χ0) is 13.7. The van der Waals surface area contributed by atoms with E-state index < -0.39 is 0 Å². The molecule has 0 fully saturated rings. The standard InChI is InChI=1S/C15H14Cl2N2/c1-19(12-6-3-2-4-7-12)18-11-10-13-14(16)8-5-9-15(13)17/h2-9,11H,10H2,1H3. The molecule has 0 amide bonds. The molecular formula is C15H14Cl2N2. The summed E-state index contributed by atoms with van der Waals surface area (Å²) in [5, 5.41) is 7.51. The summed E-state index contributed by atoms with van der Waals surface area (Å²) in [5.74, 6) is 0. The number of rotatable bonds is 4. The molecule has 0 radical (unpaired) electrons. The van der Waals surface area contributed by atoms with Crippen LogP contribution >= 0.6 is 23.2 Å². The zero-order valence-corrected chi connectivity index (χ0v) is 12.1. The van der Waals surface area contributed by atoms with E-state index in [-0.39, 0.29) is 0 Å². The first kappa shape index (κ1) is 13.9. The summed E-state index contributed by atoms with van der Waals surface area (Å²) in [6.45, 7) is 0. The Morgan fingerprint density at radius 1 is 1.00 bits per heavy atom. The first-order valence-corrected chi connectivity index (χ1v) is 6.68. The van der Waals surface area contributed by atoms with Crippen LogP contribution in [0.3, 0.4) is 0 Å². The van der Waals surface area contributed by atoms with Gasteiger partial charge < -0.3 is 0 Å². The van der Waals surface area contributed by atoms with Gasteiger partial charge >= 0.3 is 0 Å². The van der Waals surface area contributed by atoms with Gasteiger partial charge in [-0.25, -0.2) is 0 Å². The summed E-state index contributed by atoms with van der Waals surface area (Å²) in [7, 11) is 1.90. The van der Waals surface area contributed by atoms with E-state index in [0.717, 1.165) is 11.3 Å². The maximum atomic E-state index is 6.10. The van der Waals surface area contributed by atoms with Crippen molar-refractivity contribution in [2.24, 2.45) is 5.10 Å². The van der Waals surface area contributed by atoms with Gasteiger partial charge in [0.1, 0.15) is 0 Å². The fourth-order valence-corrected chi connectivity index (χ4v) is 2.24. The molecule has 0 aliphatic rings. The lowest BCUT2D eigenvalue weighted by atomic mass is 10.2. The van der Waals surface area contributed by atoms with Gasteiger partial charge in [-0.15, -0.1) is 0 Å². The molecule has 0 atom stereocenters. The lowest BCUT2D eigenvalue weighted by molar-refractivity contribution is 1.02. The molecule has 98 valence electrons. The van der Waals surface area contributed by atoms with Crippen molar-refractivity contribution in [3.63, 3.8) is 0 Å². The Kier molecular flexibility index (Phi) is 4.83. The van der Waals surface area contributed by atoms with Gasteiger partial charge in [0.05, 0.1) is 5.69 Å². The van der Waals surface area contributed by atoms with E-state index in [4.69, 9.17) is 23.2 Å². The number of halogens is 2. The SMILES string of the molecule is CN(N=CCc1c(Cl)cccc1Cl)c1ccccc1. The van der Waals surface area contributed by atoms with Gasteiger partial charge in [-0.3, -0.25) is 5.01 Å². The van der Waals surface area contributed by atoms with Crippen molar-refractivity contribution in [1.82, 2.24) is 0 Å². The number of hydrogen-bond donors (Lipinski definition) is 0. The summed E-state index contributed by atoms with van der Waals surface area (Å²) in [5.41, 5.74) is 1.93. The molecule has 2 aromatic carbocycles. The second kappa shape index (κ2) is 6.60. The number of hydrogen-bond acceptors (Lipinski definition) is 2. The molecule has 0 saturated heterocycles. The molecule has 0 heterocycles. The van der Waals surface area contributed by atoms with Crippen LogP contribution in [0.15, 0.2) is 53.6 Å². The van der Waals surface area contributed by atoms with E-state index in [2.05, 4.69) is 5.10 Å². The van der Waals surface area contributed by atoms with E-state index in [1.165, 1.54) is 0 Å². The molecular weight excluding hydrogens is 279 g/mol. The third kappa shape index (κ3) is 3.72. The molecule has 0 unspecified atom stereocenters. The monoisotopic (exact) mass is 292 g/mol. The van der Waals surface area contributed by atoms with Crippen LogP contribution in [-0.4, -0.2) is 13.3 Å². The number of anilines is 1. The maximum Gasteiger partial charge on any atom is 0.0590 e. The molecule has 0 aliphatic carbocycles. The second-order valence-corrected chi connectivity index (χ2v) is 4.88. The molecule has 2 nitrogen and oxygen atoms in total. The lowest BCUT2D eigenvalue weighted by Crippen LogP contribution is -2.08. The normalized spacial score (nSPS) is 10.9. The van der Waals surface area contributed by atoms with Gasteiger partial charge in [0.25, 0.3) is 0 Å². The van der Waals surface area contributed by atoms with E-state index in [0.29, 0.717) is 16.5 Å². The van der Waals surface area contributed by atoms with Crippen molar-refractivity contribution in [2.45, 2.75) is 6.42 Å². The molecule has 0 spiro atoms. The third-order valence-corrected chi connectivity index (χ3v) is 3.45. The minimum atomic E-state index is 0.607. The fourth-order valence-electron chi connectivity index (χ4n) is 1.69. The van der Waals surface area contributed by atoms with Gasteiger partial charge in [-0.1, -0.05) is 47.5 Å². The Hall–Kier alpha value is -1.51. The van der Waals surface area contributed by atoms with Gasteiger partial charge in [0.15, 0.2) is 0 Å². The third-order valence-electron chi connectivity index (χ3n) is 2.74. The smallest absolute Gasteiger partial charge is 0.0590 e. The van der Waals surface area contributed by atoms with Gasteiger partial charge in [0.2, 0.25) is 0 Å². The van der Waals surface area contributed by atoms with Crippen molar-refractivity contribution in [3.05, 3.63) is 64.1 Å². The van der Waals surface area contributed by atoms with Crippen molar-refractivity contribution in [2.75, 3.05) is 12.1 Å². The Morgan fingerprint density at radius 3 is 2.26 bits per heavy atom. The molecule has 0 bridgehead atoms. The molecule has 2 aromatic rings. The predicted molar refractivity (Wildman–Crippen MR) is 83.5 cm³/mol. The summed E-state index contributed by atoms with van der Waals surface area (Å²) < 4.78 is 0. The lowest BCUT2D eigenvalue weighted by Gasteiger charge is -2.12. The minimum absolute atomic E-state index is 0.607. The van der Waals surface area contributed by atoms with Crippen LogP contribution < -0.4 is 5.01 Å². The van der Waals surface area contributed by atoms with Crippen LogP contribution in [-0.2, 0) is 6.42 Å². The number of hydrazone groups is 1. The number of benzene rings is 2. The maximum absolute atomic E-state index is 6.10. The summed E-state index contributed by atoms with van der Waals surface area (Å²) in [6, 6.07) is 15.4. The zero-order valence-electron chi connectivity index (χ0n) is 10.6. The highest BCUT2D eigenvalue weighted by molar-refractivity contribution is 6.36. The Bertz CT molecular complexity index is 547. The van der Waals surface area contributed by atoms with Crippen molar-refractivity contribution >= 4 is 35.1 Å². The van der Waals surface area contributed by atoms with E-state index in [1.807, 2.05) is 60.6 Å². The average Bonchev–Trinajstić information content (AvgIpc) is 2.43. The Labute approximate surface area is 123 Å². The topological polar surface area (TPSA) is 15.6 Å². The van der Waals surface area contributed by atoms with E-state index in [9.17, 15) is 0 Å². The molecule has 0 aliphatic heterocycles. The number of para-hydroxylation sites is 1. The molecule has 19 heavy (non-hydrogen) atoms. The van der Waals surface area contributed by atoms with E-state index >= 15 is 0 Å². The minimum Gasteiger partial charge on any atom is -0.269 e. The second-order valence-electron chi connectivity index (χ2n) is 4.06. The van der Waals surface area contributed by atoms with Gasteiger partial charge in [-0.05, 0) is 29.8 Å². The van der Waals surface area contributed by atoms with Crippen LogP contribution in [0.2, 0.25) is 10.0 Å². The summed E-state index contributed by atoms with van der Waals surface area (Å²) in [6.07, 6.45) is 2.41. The largest absolute Gasteiger partial charge is 0.269 e. The average molecular weight is 293 g/mol. The van der Waals surface area contributed by atoms with E-state index in [1.54, 1.807) is 6.21 Å². The van der Waals surface area contributed by atoms with Crippen molar-refractivity contribution in [3.8, 4) is 0 Å². The van der Waals surface area contributed by atoms with Gasteiger partial charge in [0, 0.05) is 29.7 Å². The summed E-state index contributed by atoms with van der Waals surface area (Å²) >= 11 is 12.2. The number of nitrogens with zero attached hydrogens (tertiary/aromatic N) is 2. The highest BCUT2D eigenvalue weighted by Gasteiger charge is 2.03. The predicted octanol–water partition coefficient (Wildman–Crippen LogP) is 4.66. The fraction of sp³-hybridized carbons (Fsp3) is 0.133. The molecule has 4 heteroatoms. The van der Waals surface area contributed by atoms with Crippen molar-refractivity contribution < 1.29 is 0 Å². The molecule has 0 saturated carbocycles. The Morgan fingerprint density at radius 2 is 1.63 bits per heavy atom. The van der Waals surface area contributed by atoms with Crippen LogP contribution in [0.5, 0.6) is 0 Å². The van der Waals surface area contributed by atoms with Crippen molar-refractivity contribution in [1.29, 1.82) is 0 Å². The van der Waals surface area contributed by atoms with Gasteiger partial charge in [-0.2, -0.15) is 5.10 Å². The molecule has 0 N–H and O–H groups in total. The quantitative estimate of drug-likeness (QED) is 0.591. The van der Waals surface area contributed by atoms with Crippen LogP contribution in [0.25, 0.3) is 0 Å². The molecule has 2 rings (SSSR count). The highest BCUT2D eigenvalue weighted by Crippen LogP contribution is 2.24. The first-order chi connectivity index (χ1) is 9.18.